The number of carbonyl (C=O) groups is 1. The summed E-state index contributed by atoms with van der Waals surface area (Å²) >= 11 is 5.90. The molecule has 0 bridgehead atoms. The molecule has 3 atom stereocenters. The third-order valence-electron chi connectivity index (χ3n) is 3.71. The zero-order chi connectivity index (χ0) is 15.1. The number of benzene rings is 1. The van der Waals surface area contributed by atoms with Crippen molar-refractivity contribution in [3.8, 4) is 0 Å². The first-order chi connectivity index (χ1) is 9.25. The van der Waals surface area contributed by atoms with E-state index in [1.54, 1.807) is 24.3 Å². The van der Waals surface area contributed by atoms with Gasteiger partial charge in [-0.05, 0) is 17.7 Å². The molecule has 2 rings (SSSR count). The monoisotopic (exact) mass is 318 g/mol. The Labute approximate surface area is 122 Å². The molecule has 1 aliphatic carbocycles. The molecule has 0 aromatic heterocycles. The lowest BCUT2D eigenvalue weighted by atomic mass is 10.00. The van der Waals surface area contributed by atoms with E-state index in [2.05, 4.69) is 0 Å². The molecule has 1 fully saturated rings. The van der Waals surface area contributed by atoms with E-state index in [-0.39, 0.29) is 6.61 Å². The minimum atomic E-state index is -3.52. The number of rotatable bonds is 5. The Morgan fingerprint density at radius 1 is 1.50 bits per heavy atom. The fourth-order valence-electron chi connectivity index (χ4n) is 2.93. The van der Waals surface area contributed by atoms with Gasteiger partial charge >= 0.3 is 5.97 Å². The van der Waals surface area contributed by atoms with Gasteiger partial charge in [-0.25, -0.2) is 8.42 Å². The summed E-state index contributed by atoms with van der Waals surface area (Å²) < 4.78 is 28.8. The summed E-state index contributed by atoms with van der Waals surface area (Å²) in [6.07, 6.45) is 1.05. The van der Waals surface area contributed by atoms with Gasteiger partial charge in [0.15, 0.2) is 9.84 Å². The highest BCUT2D eigenvalue weighted by molar-refractivity contribution is 7.91. The van der Waals surface area contributed by atoms with Crippen molar-refractivity contribution < 1.29 is 23.1 Å². The van der Waals surface area contributed by atoms with E-state index in [1.165, 1.54) is 7.11 Å². The average molecular weight is 319 g/mol. The molecule has 5 nitrogen and oxygen atoms in total. The average Bonchev–Trinajstić information content (AvgIpc) is 3.00. The highest BCUT2D eigenvalue weighted by Crippen LogP contribution is 2.63. The second-order valence-corrected chi connectivity index (χ2v) is 7.66. The van der Waals surface area contributed by atoms with Crippen molar-refractivity contribution in [2.24, 2.45) is 5.41 Å². The Balaban J connectivity index is 2.53. The van der Waals surface area contributed by atoms with Crippen molar-refractivity contribution in [3.05, 3.63) is 34.9 Å². The second-order valence-electron chi connectivity index (χ2n) is 5.06. The van der Waals surface area contributed by atoms with Crippen molar-refractivity contribution in [1.29, 1.82) is 0 Å². The summed E-state index contributed by atoms with van der Waals surface area (Å²) in [6, 6.07) is 6.62. The summed E-state index contributed by atoms with van der Waals surface area (Å²) in [5.41, 5.74) is -0.833. The largest absolute Gasteiger partial charge is 0.481 e. The normalized spacial score (nSPS) is 29.1. The molecule has 1 saturated carbocycles. The Bertz CT molecular complexity index is 642. The minimum Gasteiger partial charge on any atom is -0.481 e. The van der Waals surface area contributed by atoms with E-state index in [0.717, 1.165) is 6.26 Å². The summed E-state index contributed by atoms with van der Waals surface area (Å²) in [5, 5.41) is 8.94. The highest BCUT2D eigenvalue weighted by Gasteiger charge is 2.75. The number of carboxylic acids is 1. The number of aliphatic carboxylic acids is 1. The number of carboxylic acid groups (broad SMARTS) is 1. The minimum absolute atomic E-state index is 0.156. The lowest BCUT2D eigenvalue weighted by Crippen LogP contribution is -2.28. The van der Waals surface area contributed by atoms with Crippen molar-refractivity contribution in [2.75, 3.05) is 20.0 Å². The summed E-state index contributed by atoms with van der Waals surface area (Å²) in [4.78, 5) is 11.6. The molecule has 1 aliphatic rings. The summed E-state index contributed by atoms with van der Waals surface area (Å²) in [6.45, 7) is -0.156. The molecular weight excluding hydrogens is 304 g/mol. The SMILES string of the molecule is COC[C@@]1(C(=O)O)[C@H](S(C)(=O)=O)[C@@H]1c1cccc(Cl)c1. The molecule has 0 heterocycles. The van der Waals surface area contributed by atoms with Crippen LogP contribution in [0, 0.1) is 5.41 Å². The predicted molar refractivity (Wildman–Crippen MR) is 74.8 cm³/mol. The van der Waals surface area contributed by atoms with Crippen LogP contribution >= 0.6 is 11.6 Å². The zero-order valence-corrected chi connectivity index (χ0v) is 12.6. The Morgan fingerprint density at radius 2 is 2.15 bits per heavy atom. The summed E-state index contributed by atoms with van der Waals surface area (Å²) in [7, 11) is -2.16. The van der Waals surface area contributed by atoms with Gasteiger partial charge in [-0.1, -0.05) is 23.7 Å². The molecule has 0 amide bonds. The van der Waals surface area contributed by atoms with E-state index >= 15 is 0 Å². The molecule has 1 aromatic rings. The topological polar surface area (TPSA) is 80.7 Å². The molecule has 0 unspecified atom stereocenters. The van der Waals surface area contributed by atoms with Crippen LogP contribution in [0.2, 0.25) is 5.02 Å². The van der Waals surface area contributed by atoms with Gasteiger partial charge in [0.2, 0.25) is 0 Å². The number of halogens is 1. The van der Waals surface area contributed by atoms with Gasteiger partial charge in [-0.3, -0.25) is 4.79 Å². The first kappa shape index (κ1) is 15.3. The van der Waals surface area contributed by atoms with Crippen LogP contribution in [-0.2, 0) is 19.4 Å². The zero-order valence-electron chi connectivity index (χ0n) is 11.0. The van der Waals surface area contributed by atoms with Crippen molar-refractivity contribution in [2.45, 2.75) is 11.2 Å². The lowest BCUT2D eigenvalue weighted by molar-refractivity contribution is -0.145. The summed E-state index contributed by atoms with van der Waals surface area (Å²) in [5.74, 6) is -1.81. The van der Waals surface area contributed by atoms with Crippen LogP contribution in [0.4, 0.5) is 0 Å². The Morgan fingerprint density at radius 3 is 2.60 bits per heavy atom. The first-order valence-electron chi connectivity index (χ1n) is 5.92. The Kier molecular flexibility index (Phi) is 3.83. The molecule has 1 N–H and O–H groups in total. The molecule has 0 radical (unpaired) electrons. The highest BCUT2D eigenvalue weighted by atomic mass is 35.5. The second kappa shape index (κ2) is 5.02. The molecular formula is C13H15ClO5S. The molecule has 0 aliphatic heterocycles. The van der Waals surface area contributed by atoms with Gasteiger partial charge in [-0.15, -0.1) is 0 Å². The molecule has 1 aromatic carbocycles. The van der Waals surface area contributed by atoms with E-state index in [9.17, 15) is 18.3 Å². The van der Waals surface area contributed by atoms with Crippen molar-refractivity contribution in [3.63, 3.8) is 0 Å². The lowest BCUT2D eigenvalue weighted by Gasteiger charge is -2.11. The van der Waals surface area contributed by atoms with Crippen LogP contribution in [0.3, 0.4) is 0 Å². The third kappa shape index (κ3) is 2.32. The maximum Gasteiger partial charge on any atom is 0.314 e. The van der Waals surface area contributed by atoms with Gasteiger partial charge in [0, 0.05) is 24.3 Å². The Hall–Kier alpha value is -1.11. The van der Waals surface area contributed by atoms with Gasteiger partial charge in [0.05, 0.1) is 11.9 Å². The van der Waals surface area contributed by atoms with Gasteiger partial charge in [0.25, 0.3) is 0 Å². The molecule has 0 saturated heterocycles. The van der Waals surface area contributed by atoms with Crippen LogP contribution in [0.5, 0.6) is 0 Å². The van der Waals surface area contributed by atoms with E-state index in [0.29, 0.717) is 10.6 Å². The first-order valence-corrected chi connectivity index (χ1v) is 8.25. The number of hydrogen-bond acceptors (Lipinski definition) is 4. The standard InChI is InChI=1S/C13H15ClO5S/c1-19-7-13(12(15)16)10(11(13)20(2,17)18)8-4-3-5-9(14)6-8/h3-6,10-11H,7H2,1-2H3,(H,15,16)/t10-,11+,13-/m0/s1. The van der Waals surface area contributed by atoms with Crippen molar-refractivity contribution >= 4 is 27.4 Å². The van der Waals surface area contributed by atoms with E-state index in [1.807, 2.05) is 0 Å². The van der Waals surface area contributed by atoms with Crippen LogP contribution in [-0.4, -0.2) is 44.7 Å². The van der Waals surface area contributed by atoms with E-state index in [4.69, 9.17) is 16.3 Å². The number of methoxy groups -OCH3 is 1. The van der Waals surface area contributed by atoms with Crippen LogP contribution in [0.1, 0.15) is 11.5 Å². The van der Waals surface area contributed by atoms with Gasteiger partial charge < -0.3 is 9.84 Å². The number of ether oxygens (including phenoxy) is 1. The molecule has 110 valence electrons. The molecule has 7 heteroatoms. The van der Waals surface area contributed by atoms with Crippen LogP contribution in [0.15, 0.2) is 24.3 Å². The van der Waals surface area contributed by atoms with Crippen LogP contribution < -0.4 is 0 Å². The predicted octanol–water partition coefficient (Wildman–Crippen LogP) is 1.57. The fraction of sp³-hybridized carbons (Fsp3) is 0.462. The number of sulfone groups is 1. The molecule has 20 heavy (non-hydrogen) atoms. The number of hydrogen-bond donors (Lipinski definition) is 1. The smallest absolute Gasteiger partial charge is 0.314 e. The van der Waals surface area contributed by atoms with Gasteiger partial charge in [-0.2, -0.15) is 0 Å². The maximum atomic E-state index is 11.9. The molecule has 0 spiro atoms. The van der Waals surface area contributed by atoms with E-state index < -0.39 is 32.4 Å². The van der Waals surface area contributed by atoms with Crippen molar-refractivity contribution in [1.82, 2.24) is 0 Å². The van der Waals surface area contributed by atoms with Crippen LogP contribution in [0.25, 0.3) is 0 Å². The maximum absolute atomic E-state index is 11.9. The quantitative estimate of drug-likeness (QED) is 0.891. The van der Waals surface area contributed by atoms with Gasteiger partial charge in [0.1, 0.15) is 5.41 Å². The fourth-order valence-corrected chi connectivity index (χ4v) is 5.03. The third-order valence-corrected chi connectivity index (χ3v) is 5.56.